The van der Waals surface area contributed by atoms with Gasteiger partial charge >= 0.3 is 0 Å². The normalized spacial score (nSPS) is 42.4. The van der Waals surface area contributed by atoms with E-state index in [9.17, 15) is 0 Å². The van der Waals surface area contributed by atoms with E-state index in [2.05, 4.69) is 26.8 Å². The molecule has 2 aliphatic rings. The van der Waals surface area contributed by atoms with Gasteiger partial charge in [0.1, 0.15) is 0 Å². The first kappa shape index (κ1) is 12.1. The van der Waals surface area contributed by atoms with Crippen molar-refractivity contribution in [3.63, 3.8) is 0 Å². The van der Waals surface area contributed by atoms with Crippen molar-refractivity contribution < 1.29 is 0 Å². The Morgan fingerprint density at radius 3 is 2.50 bits per heavy atom. The maximum Gasteiger partial charge on any atom is 0.0121 e. The molecule has 0 bridgehead atoms. The summed E-state index contributed by atoms with van der Waals surface area (Å²) in [6.45, 7) is 6.80. The molecule has 0 aromatic heterocycles. The van der Waals surface area contributed by atoms with Crippen molar-refractivity contribution in [2.45, 2.75) is 58.5 Å². The number of hydrogen-bond acceptors (Lipinski definition) is 2. The second kappa shape index (κ2) is 4.15. The largest absolute Gasteiger partial charge is 0.327 e. The first-order valence-electron chi connectivity index (χ1n) is 6.71. The zero-order valence-corrected chi connectivity index (χ0v) is 10.9. The Hall–Kier alpha value is -0.340. The van der Waals surface area contributed by atoms with Crippen LogP contribution < -0.4 is 11.5 Å². The Balaban J connectivity index is 2.26. The van der Waals surface area contributed by atoms with Crippen molar-refractivity contribution in [3.05, 3.63) is 11.6 Å². The van der Waals surface area contributed by atoms with Crippen molar-refractivity contribution >= 4 is 0 Å². The number of rotatable bonds is 3. The molecule has 0 radical (unpaired) electrons. The molecule has 2 nitrogen and oxygen atoms in total. The van der Waals surface area contributed by atoms with E-state index in [1.807, 2.05) is 0 Å². The molecule has 0 aromatic rings. The lowest BCUT2D eigenvalue weighted by Gasteiger charge is -2.60. The van der Waals surface area contributed by atoms with Crippen molar-refractivity contribution in [1.29, 1.82) is 0 Å². The molecule has 5 atom stereocenters. The van der Waals surface area contributed by atoms with E-state index in [1.165, 1.54) is 19.3 Å². The van der Waals surface area contributed by atoms with E-state index in [-0.39, 0.29) is 11.5 Å². The summed E-state index contributed by atoms with van der Waals surface area (Å²) in [5.74, 6) is 1.23. The van der Waals surface area contributed by atoms with Crippen LogP contribution in [0.5, 0.6) is 0 Å². The van der Waals surface area contributed by atoms with Crippen molar-refractivity contribution in [2.75, 3.05) is 0 Å². The van der Waals surface area contributed by atoms with Gasteiger partial charge in [0.15, 0.2) is 0 Å². The van der Waals surface area contributed by atoms with Crippen molar-refractivity contribution in [2.24, 2.45) is 28.7 Å². The molecule has 16 heavy (non-hydrogen) atoms. The van der Waals surface area contributed by atoms with E-state index < -0.39 is 0 Å². The van der Waals surface area contributed by atoms with E-state index in [1.54, 1.807) is 5.57 Å². The van der Waals surface area contributed by atoms with Gasteiger partial charge in [-0.3, -0.25) is 0 Å². The van der Waals surface area contributed by atoms with Gasteiger partial charge in [0.25, 0.3) is 0 Å². The fraction of sp³-hybridized carbons (Fsp3) is 0.857. The molecule has 1 saturated carbocycles. The summed E-state index contributed by atoms with van der Waals surface area (Å²) in [4.78, 5) is 0. The molecule has 2 heteroatoms. The number of nitrogens with two attached hydrogens (primary N) is 2. The molecular formula is C14H26N2. The third-order valence-corrected chi connectivity index (χ3v) is 5.27. The standard InChI is InChI=1S/C14H26N2/c1-9-8-13(16)14(9,11(3)15)10(2)12-6-4-5-7-12/h6,9-11,13H,4-5,7-8,15-16H2,1-3H3/t9?,10?,11?,13?,14-/m0/s1. The monoisotopic (exact) mass is 222 g/mol. The Kier molecular flexibility index (Phi) is 3.15. The molecule has 4 unspecified atom stereocenters. The highest BCUT2D eigenvalue weighted by Gasteiger charge is 2.57. The molecule has 0 amide bonds. The van der Waals surface area contributed by atoms with Gasteiger partial charge in [-0.2, -0.15) is 0 Å². The Morgan fingerprint density at radius 2 is 2.12 bits per heavy atom. The van der Waals surface area contributed by atoms with E-state index >= 15 is 0 Å². The molecule has 0 saturated heterocycles. The van der Waals surface area contributed by atoms with Gasteiger partial charge in [-0.05, 0) is 44.4 Å². The maximum absolute atomic E-state index is 6.31. The minimum absolute atomic E-state index is 0.149. The molecule has 4 N–H and O–H groups in total. The van der Waals surface area contributed by atoms with Crippen LogP contribution in [0.25, 0.3) is 0 Å². The maximum atomic E-state index is 6.31. The summed E-state index contributed by atoms with van der Waals surface area (Å²) in [5.41, 5.74) is 14.3. The minimum atomic E-state index is 0.149. The smallest absolute Gasteiger partial charge is 0.0121 e. The van der Waals surface area contributed by atoms with Crippen LogP contribution in [0.4, 0.5) is 0 Å². The minimum Gasteiger partial charge on any atom is -0.327 e. The average molecular weight is 222 g/mol. The Morgan fingerprint density at radius 1 is 1.44 bits per heavy atom. The van der Waals surface area contributed by atoms with E-state index in [0.717, 1.165) is 6.42 Å². The van der Waals surface area contributed by atoms with Crippen molar-refractivity contribution in [1.82, 2.24) is 0 Å². The molecule has 2 rings (SSSR count). The third-order valence-electron chi connectivity index (χ3n) is 5.27. The van der Waals surface area contributed by atoms with Crippen LogP contribution in [0.1, 0.15) is 46.5 Å². The van der Waals surface area contributed by atoms with Crippen molar-refractivity contribution in [3.8, 4) is 0 Å². The fourth-order valence-corrected chi connectivity index (χ4v) is 4.33. The third kappa shape index (κ3) is 1.46. The lowest BCUT2D eigenvalue weighted by molar-refractivity contribution is -0.0477. The molecule has 0 aromatic carbocycles. The molecule has 0 heterocycles. The summed E-state index contributed by atoms with van der Waals surface area (Å²) >= 11 is 0. The number of allylic oxidation sites excluding steroid dienone is 2. The predicted molar refractivity (Wildman–Crippen MR) is 68.9 cm³/mol. The zero-order valence-electron chi connectivity index (χ0n) is 10.9. The summed E-state index contributed by atoms with van der Waals surface area (Å²) in [6, 6.07) is 0.488. The van der Waals surface area contributed by atoms with Gasteiger partial charge in [0, 0.05) is 17.5 Å². The molecular weight excluding hydrogens is 196 g/mol. The second-order valence-corrected chi connectivity index (χ2v) is 5.92. The number of hydrogen-bond donors (Lipinski definition) is 2. The van der Waals surface area contributed by atoms with Crippen LogP contribution in [0.15, 0.2) is 11.6 Å². The SMILES string of the molecule is CC(N)[C@@]1(C(C)C2=CCCC2)C(C)CC1N. The van der Waals surface area contributed by atoms with Crippen LogP contribution in [0.3, 0.4) is 0 Å². The summed E-state index contributed by atoms with van der Waals surface area (Å²) in [5, 5.41) is 0. The highest BCUT2D eigenvalue weighted by molar-refractivity contribution is 5.22. The summed E-state index contributed by atoms with van der Waals surface area (Å²) < 4.78 is 0. The average Bonchev–Trinajstić information content (AvgIpc) is 2.69. The summed E-state index contributed by atoms with van der Waals surface area (Å²) in [6.07, 6.45) is 7.39. The fourth-order valence-electron chi connectivity index (χ4n) is 4.33. The van der Waals surface area contributed by atoms with Crippen LogP contribution in [-0.4, -0.2) is 12.1 Å². The highest BCUT2D eigenvalue weighted by Crippen LogP contribution is 2.55. The molecule has 0 spiro atoms. The molecule has 0 aliphatic heterocycles. The zero-order chi connectivity index (χ0) is 11.9. The second-order valence-electron chi connectivity index (χ2n) is 5.92. The van der Waals surface area contributed by atoms with Crippen LogP contribution in [0.2, 0.25) is 0 Å². The van der Waals surface area contributed by atoms with Gasteiger partial charge in [-0.25, -0.2) is 0 Å². The van der Waals surface area contributed by atoms with Gasteiger partial charge in [0.2, 0.25) is 0 Å². The predicted octanol–water partition coefficient (Wildman–Crippen LogP) is 2.43. The highest BCUT2D eigenvalue weighted by atomic mass is 14.9. The Labute approximate surface area is 99.5 Å². The summed E-state index contributed by atoms with van der Waals surface area (Å²) in [7, 11) is 0. The molecule has 1 fully saturated rings. The topological polar surface area (TPSA) is 52.0 Å². The lowest BCUT2D eigenvalue weighted by Crippen LogP contribution is -2.67. The van der Waals surface area contributed by atoms with Crippen LogP contribution in [-0.2, 0) is 0 Å². The molecule has 2 aliphatic carbocycles. The first-order valence-corrected chi connectivity index (χ1v) is 6.71. The van der Waals surface area contributed by atoms with Crippen LogP contribution in [0, 0.1) is 17.3 Å². The lowest BCUT2D eigenvalue weighted by atomic mass is 9.48. The van der Waals surface area contributed by atoms with Gasteiger partial charge in [0.05, 0.1) is 0 Å². The van der Waals surface area contributed by atoms with E-state index in [4.69, 9.17) is 11.5 Å². The Bertz CT molecular complexity index is 276. The van der Waals surface area contributed by atoms with Gasteiger partial charge in [-0.15, -0.1) is 0 Å². The quantitative estimate of drug-likeness (QED) is 0.721. The molecule has 92 valence electrons. The van der Waals surface area contributed by atoms with Crippen LogP contribution >= 0.6 is 0 Å². The van der Waals surface area contributed by atoms with Gasteiger partial charge < -0.3 is 11.5 Å². The van der Waals surface area contributed by atoms with E-state index in [0.29, 0.717) is 17.9 Å². The van der Waals surface area contributed by atoms with Gasteiger partial charge in [-0.1, -0.05) is 25.5 Å². The first-order chi connectivity index (χ1) is 7.51.